The molecule has 0 aromatic carbocycles. The van der Waals surface area contributed by atoms with Crippen molar-refractivity contribution in [2.24, 2.45) is 17.3 Å². The fourth-order valence-corrected chi connectivity index (χ4v) is 2.35. The maximum Gasteiger partial charge on any atom is 0.320 e. The van der Waals surface area contributed by atoms with E-state index in [9.17, 15) is 28.8 Å². The minimum atomic E-state index is -1.48. The second-order valence-corrected chi connectivity index (χ2v) is 6.99. The Bertz CT molecular complexity index is 653. The molecule has 0 rings (SSSR count). The third-order valence-corrected chi connectivity index (χ3v) is 4.75. The average Bonchev–Trinajstić information content (AvgIpc) is 2.62. The molecule has 3 unspecified atom stereocenters. The van der Waals surface area contributed by atoms with E-state index in [-0.39, 0.29) is 19.3 Å². The lowest BCUT2D eigenvalue weighted by molar-refractivity contribution is -0.174. The van der Waals surface area contributed by atoms with Gasteiger partial charge in [-0.1, -0.05) is 20.8 Å². The molecular weight excluding hydrogens is 388 g/mol. The van der Waals surface area contributed by atoms with Crippen LogP contribution in [0, 0.1) is 17.3 Å². The molecule has 0 radical (unpaired) electrons. The van der Waals surface area contributed by atoms with E-state index in [0.717, 1.165) is 0 Å². The maximum absolute atomic E-state index is 12.3. The summed E-state index contributed by atoms with van der Waals surface area (Å²) in [4.78, 5) is 69.8. The van der Waals surface area contributed by atoms with Crippen LogP contribution in [0.4, 0.5) is 0 Å². The molecule has 2 N–H and O–H groups in total. The fraction of sp³-hybridized carbons (Fsp3) is 0.684. The molecule has 0 aliphatic carbocycles. The number of ether oxygens (including phenoxy) is 2. The first-order valence-corrected chi connectivity index (χ1v) is 9.34. The molecule has 0 aromatic rings. The summed E-state index contributed by atoms with van der Waals surface area (Å²) in [6.07, 6.45) is -1.13. The van der Waals surface area contributed by atoms with Crippen molar-refractivity contribution in [3.8, 4) is 0 Å². The van der Waals surface area contributed by atoms with E-state index in [1.807, 2.05) is 0 Å². The van der Waals surface area contributed by atoms with E-state index in [4.69, 9.17) is 14.9 Å². The van der Waals surface area contributed by atoms with Gasteiger partial charge in [-0.05, 0) is 26.2 Å². The van der Waals surface area contributed by atoms with Gasteiger partial charge in [0.1, 0.15) is 0 Å². The van der Waals surface area contributed by atoms with Crippen LogP contribution in [0.1, 0.15) is 66.2 Å². The van der Waals surface area contributed by atoms with Crippen LogP contribution < -0.4 is 0 Å². The largest absolute Gasteiger partial charge is 0.481 e. The SMILES string of the molecule is CCC(CC(=O)OC(=O)CC(C)(CC)C(=O)OC(=O)CC(CC)C(=O)O)C(=O)O. The molecule has 0 fully saturated rings. The molecule has 29 heavy (non-hydrogen) atoms. The van der Waals surface area contributed by atoms with Crippen LogP contribution in [-0.2, 0) is 38.2 Å². The average molecular weight is 416 g/mol. The van der Waals surface area contributed by atoms with Gasteiger partial charge < -0.3 is 19.7 Å². The van der Waals surface area contributed by atoms with Crippen molar-refractivity contribution in [2.75, 3.05) is 0 Å². The first kappa shape index (κ1) is 26.2. The topological polar surface area (TPSA) is 161 Å². The first-order chi connectivity index (χ1) is 13.4. The van der Waals surface area contributed by atoms with Crippen LogP contribution in [0.2, 0.25) is 0 Å². The number of carboxylic acid groups (broad SMARTS) is 2. The van der Waals surface area contributed by atoms with E-state index in [0.29, 0.717) is 0 Å². The Hall–Kier alpha value is -2.78. The minimum Gasteiger partial charge on any atom is -0.481 e. The predicted octanol–water partition coefficient (Wildman–Crippen LogP) is 1.93. The smallest absolute Gasteiger partial charge is 0.320 e. The van der Waals surface area contributed by atoms with Gasteiger partial charge in [-0.2, -0.15) is 0 Å². The summed E-state index contributed by atoms with van der Waals surface area (Å²) >= 11 is 0. The molecule has 3 atom stereocenters. The van der Waals surface area contributed by atoms with E-state index in [1.54, 1.807) is 20.8 Å². The quantitative estimate of drug-likeness (QED) is 0.355. The monoisotopic (exact) mass is 416 g/mol. The van der Waals surface area contributed by atoms with E-state index in [2.05, 4.69) is 4.74 Å². The number of carbonyl (C=O) groups excluding carboxylic acids is 4. The molecule has 0 saturated carbocycles. The molecule has 0 heterocycles. The lowest BCUT2D eigenvalue weighted by atomic mass is 9.84. The minimum absolute atomic E-state index is 0.0747. The molecule has 164 valence electrons. The molecule has 0 aliphatic heterocycles. The van der Waals surface area contributed by atoms with Crippen molar-refractivity contribution in [3.05, 3.63) is 0 Å². The number of carboxylic acids is 2. The summed E-state index contributed by atoms with van der Waals surface area (Å²) in [7, 11) is 0. The number of esters is 4. The third kappa shape index (κ3) is 8.84. The van der Waals surface area contributed by atoms with Gasteiger partial charge in [0.15, 0.2) is 0 Å². The van der Waals surface area contributed by atoms with Gasteiger partial charge >= 0.3 is 35.8 Å². The second kappa shape index (κ2) is 11.9. The predicted molar refractivity (Wildman–Crippen MR) is 97.3 cm³/mol. The zero-order valence-electron chi connectivity index (χ0n) is 17.1. The number of carbonyl (C=O) groups is 6. The Kier molecular flexibility index (Phi) is 10.8. The molecule has 0 bridgehead atoms. The van der Waals surface area contributed by atoms with E-state index in [1.165, 1.54) is 6.92 Å². The van der Waals surface area contributed by atoms with Crippen LogP contribution >= 0.6 is 0 Å². The van der Waals surface area contributed by atoms with Gasteiger partial charge in [-0.15, -0.1) is 0 Å². The lowest BCUT2D eigenvalue weighted by Gasteiger charge is -2.24. The van der Waals surface area contributed by atoms with Crippen molar-refractivity contribution in [1.29, 1.82) is 0 Å². The molecule has 10 nitrogen and oxygen atoms in total. The molecule has 0 saturated heterocycles. The van der Waals surface area contributed by atoms with Crippen molar-refractivity contribution < 1.29 is 48.5 Å². The van der Waals surface area contributed by atoms with Crippen molar-refractivity contribution in [2.45, 2.75) is 66.2 Å². The van der Waals surface area contributed by atoms with Crippen LogP contribution in [0.25, 0.3) is 0 Å². The van der Waals surface area contributed by atoms with Crippen molar-refractivity contribution >= 4 is 35.8 Å². The Labute approximate surface area is 168 Å². The molecule has 0 aromatic heterocycles. The zero-order valence-corrected chi connectivity index (χ0v) is 17.1. The zero-order chi connectivity index (χ0) is 22.8. The van der Waals surface area contributed by atoms with Crippen molar-refractivity contribution in [3.63, 3.8) is 0 Å². The van der Waals surface area contributed by atoms with Crippen molar-refractivity contribution in [1.82, 2.24) is 0 Å². The Morgan fingerprint density at radius 3 is 1.52 bits per heavy atom. The second-order valence-electron chi connectivity index (χ2n) is 6.99. The number of hydrogen-bond donors (Lipinski definition) is 2. The lowest BCUT2D eigenvalue weighted by Crippen LogP contribution is -2.35. The van der Waals surface area contributed by atoms with Crippen LogP contribution in [0.5, 0.6) is 0 Å². The van der Waals surface area contributed by atoms with Gasteiger partial charge in [0.25, 0.3) is 0 Å². The highest BCUT2D eigenvalue weighted by Crippen LogP contribution is 2.29. The normalized spacial score (nSPS) is 14.8. The summed E-state index contributed by atoms with van der Waals surface area (Å²) in [5.41, 5.74) is -1.48. The number of rotatable bonds is 12. The number of hydrogen-bond acceptors (Lipinski definition) is 8. The van der Waals surface area contributed by atoms with Gasteiger partial charge in [0.05, 0.1) is 36.5 Å². The van der Waals surface area contributed by atoms with Crippen LogP contribution in [-0.4, -0.2) is 46.0 Å². The van der Waals surface area contributed by atoms with Crippen LogP contribution in [0.15, 0.2) is 0 Å². The molecular formula is C19H28O10. The van der Waals surface area contributed by atoms with E-state index >= 15 is 0 Å². The Balaban J connectivity index is 4.90. The first-order valence-electron chi connectivity index (χ1n) is 9.34. The highest BCUT2D eigenvalue weighted by Gasteiger charge is 2.38. The van der Waals surface area contributed by atoms with E-state index < -0.39 is 72.3 Å². The molecule has 0 aliphatic rings. The van der Waals surface area contributed by atoms with Crippen LogP contribution in [0.3, 0.4) is 0 Å². The Morgan fingerprint density at radius 2 is 1.17 bits per heavy atom. The highest BCUT2D eigenvalue weighted by molar-refractivity contribution is 5.94. The molecule has 0 amide bonds. The molecule has 0 spiro atoms. The van der Waals surface area contributed by atoms with Gasteiger partial charge in [0.2, 0.25) is 0 Å². The summed E-state index contributed by atoms with van der Waals surface area (Å²) < 4.78 is 9.28. The van der Waals surface area contributed by atoms with Gasteiger partial charge in [-0.25, -0.2) is 0 Å². The summed E-state index contributed by atoms with van der Waals surface area (Å²) in [6.45, 7) is 6.05. The maximum atomic E-state index is 12.3. The summed E-state index contributed by atoms with van der Waals surface area (Å²) in [5, 5.41) is 17.9. The third-order valence-electron chi connectivity index (χ3n) is 4.75. The standard InChI is InChI=1S/C19H28O10/c1-5-11(16(23)24)8-13(20)28-15(22)10-19(4,7-3)18(27)29-14(21)9-12(6-2)17(25)26/h11-12H,5-10H2,1-4H3,(H,23,24)(H,25,26). The highest BCUT2D eigenvalue weighted by atomic mass is 16.6. The Morgan fingerprint density at radius 1 is 0.759 bits per heavy atom. The van der Waals surface area contributed by atoms with Gasteiger partial charge in [-0.3, -0.25) is 28.8 Å². The summed E-state index contributed by atoms with van der Waals surface area (Å²) in [6, 6.07) is 0. The molecule has 10 heteroatoms. The summed E-state index contributed by atoms with van der Waals surface area (Å²) in [5.74, 6) is -8.51. The van der Waals surface area contributed by atoms with Gasteiger partial charge in [0, 0.05) is 0 Å². The number of aliphatic carboxylic acids is 2. The fourth-order valence-electron chi connectivity index (χ4n) is 2.35.